The van der Waals surface area contributed by atoms with Gasteiger partial charge in [-0.2, -0.15) is 4.98 Å². The van der Waals surface area contributed by atoms with Crippen LogP contribution in [0.2, 0.25) is 0 Å². The monoisotopic (exact) mass is 442 g/mol. The fourth-order valence-electron chi connectivity index (χ4n) is 3.16. The number of rotatable bonds is 5. The summed E-state index contributed by atoms with van der Waals surface area (Å²) in [5.74, 6) is 1.79. The Morgan fingerprint density at radius 1 is 1.29 bits per heavy atom. The van der Waals surface area contributed by atoms with E-state index >= 15 is 0 Å². The lowest BCUT2D eigenvalue weighted by molar-refractivity contribution is 0.181. The van der Waals surface area contributed by atoms with Crippen molar-refractivity contribution in [1.29, 1.82) is 0 Å². The fourth-order valence-corrected chi connectivity index (χ4v) is 3.82. The molecule has 4 rings (SSSR count). The van der Waals surface area contributed by atoms with E-state index < -0.39 is 0 Å². The molecule has 1 aliphatic rings. The molecule has 0 radical (unpaired) electrons. The molecule has 28 heavy (non-hydrogen) atoms. The van der Waals surface area contributed by atoms with Crippen molar-refractivity contribution in [2.75, 3.05) is 30.5 Å². The first kappa shape index (κ1) is 18.5. The van der Waals surface area contributed by atoms with E-state index in [1.807, 2.05) is 19.1 Å². The van der Waals surface area contributed by atoms with Crippen LogP contribution in [0.3, 0.4) is 0 Å². The van der Waals surface area contributed by atoms with Crippen molar-refractivity contribution in [3.05, 3.63) is 52.6 Å². The summed E-state index contributed by atoms with van der Waals surface area (Å²) in [5.41, 5.74) is 1.10. The first-order valence-corrected chi connectivity index (χ1v) is 9.66. The maximum absolute atomic E-state index is 11.7. The number of cyclic esters (lactones) is 1. The highest BCUT2D eigenvalue weighted by Gasteiger charge is 2.25. The number of anilines is 2. The van der Waals surface area contributed by atoms with Crippen molar-refractivity contribution in [2.45, 2.75) is 13.0 Å². The Morgan fingerprint density at radius 2 is 2.14 bits per heavy atom. The van der Waals surface area contributed by atoms with E-state index in [4.69, 9.17) is 9.47 Å². The highest BCUT2D eigenvalue weighted by Crippen LogP contribution is 2.34. The van der Waals surface area contributed by atoms with Gasteiger partial charge in [-0.3, -0.25) is 4.90 Å². The molecule has 2 aromatic carbocycles. The van der Waals surface area contributed by atoms with E-state index in [-0.39, 0.29) is 12.1 Å². The zero-order chi connectivity index (χ0) is 19.7. The number of nitrogens with one attached hydrogen (secondary N) is 1. The Kier molecular flexibility index (Phi) is 5.04. The minimum absolute atomic E-state index is 0.0222. The summed E-state index contributed by atoms with van der Waals surface area (Å²) < 4.78 is 11.3. The number of ether oxygens (including phenoxy) is 2. The largest absolute Gasteiger partial charge is 0.496 e. The zero-order valence-electron chi connectivity index (χ0n) is 15.5. The smallest absolute Gasteiger partial charge is 0.415 e. The topological polar surface area (TPSA) is 76.6 Å². The summed E-state index contributed by atoms with van der Waals surface area (Å²) in [6, 6.07) is 11.9. The van der Waals surface area contributed by atoms with Gasteiger partial charge in [-0.25, -0.2) is 9.78 Å². The second-order valence-corrected chi connectivity index (χ2v) is 7.23. The van der Waals surface area contributed by atoms with E-state index in [1.54, 1.807) is 19.4 Å². The van der Waals surface area contributed by atoms with Gasteiger partial charge in [0.15, 0.2) is 0 Å². The van der Waals surface area contributed by atoms with E-state index in [9.17, 15) is 4.79 Å². The number of carbonyl (C=O) groups is 1. The minimum Gasteiger partial charge on any atom is -0.496 e. The van der Waals surface area contributed by atoms with Crippen LogP contribution in [0.15, 0.2) is 47.1 Å². The van der Waals surface area contributed by atoms with Gasteiger partial charge >= 0.3 is 6.09 Å². The molecule has 8 heteroatoms. The van der Waals surface area contributed by atoms with Crippen LogP contribution in [0.5, 0.6) is 5.75 Å². The molecule has 1 atom stereocenters. The molecule has 2 heterocycles. The van der Waals surface area contributed by atoms with Crippen LogP contribution in [-0.2, 0) is 4.74 Å². The number of benzene rings is 2. The summed E-state index contributed by atoms with van der Waals surface area (Å²) in [6.07, 6.45) is 1.25. The normalized spacial score (nSPS) is 14.8. The Bertz CT molecular complexity index is 1040. The van der Waals surface area contributed by atoms with Crippen molar-refractivity contribution in [2.24, 2.45) is 0 Å². The van der Waals surface area contributed by atoms with Gasteiger partial charge in [-0.1, -0.05) is 18.2 Å². The highest BCUT2D eigenvalue weighted by atomic mass is 79.9. The molecule has 0 saturated carbocycles. The Labute approximate surface area is 170 Å². The summed E-state index contributed by atoms with van der Waals surface area (Å²) in [7, 11) is 1.66. The number of aromatic nitrogens is 2. The molecule has 0 spiro atoms. The van der Waals surface area contributed by atoms with Crippen LogP contribution in [0.25, 0.3) is 10.8 Å². The van der Waals surface area contributed by atoms with Crippen molar-refractivity contribution in [3.8, 4) is 5.75 Å². The molecule has 1 fully saturated rings. The van der Waals surface area contributed by atoms with Crippen LogP contribution in [-0.4, -0.2) is 36.3 Å². The fraction of sp³-hybridized carbons (Fsp3) is 0.250. The summed E-state index contributed by atoms with van der Waals surface area (Å²) in [4.78, 5) is 22.0. The van der Waals surface area contributed by atoms with Gasteiger partial charge in [0.1, 0.15) is 18.2 Å². The second-order valence-electron chi connectivity index (χ2n) is 6.43. The average molecular weight is 443 g/mol. The third-order valence-corrected chi connectivity index (χ3v) is 5.50. The zero-order valence-corrected chi connectivity index (χ0v) is 17.1. The van der Waals surface area contributed by atoms with E-state index in [2.05, 4.69) is 49.4 Å². The van der Waals surface area contributed by atoms with Gasteiger partial charge in [-0.15, -0.1) is 0 Å². The van der Waals surface area contributed by atoms with Crippen molar-refractivity contribution >= 4 is 44.6 Å². The van der Waals surface area contributed by atoms with Gasteiger partial charge in [0.05, 0.1) is 24.2 Å². The third-order valence-electron chi connectivity index (χ3n) is 4.69. The van der Waals surface area contributed by atoms with E-state index in [0.29, 0.717) is 24.9 Å². The highest BCUT2D eigenvalue weighted by molar-refractivity contribution is 9.10. The molecular weight excluding hydrogens is 424 g/mol. The quantitative estimate of drug-likeness (QED) is 0.625. The van der Waals surface area contributed by atoms with Crippen molar-refractivity contribution < 1.29 is 14.3 Å². The maximum atomic E-state index is 11.7. The maximum Gasteiger partial charge on any atom is 0.415 e. The number of halogens is 1. The number of amides is 1. The predicted molar refractivity (Wildman–Crippen MR) is 111 cm³/mol. The molecule has 1 unspecified atom stereocenters. The molecule has 1 aromatic heterocycles. The number of carbonyl (C=O) groups excluding carboxylic acids is 1. The van der Waals surface area contributed by atoms with Gasteiger partial charge in [-0.05, 0) is 57.4 Å². The number of fused-ring (bicyclic) bond motifs is 1. The summed E-state index contributed by atoms with van der Waals surface area (Å²) >= 11 is 3.60. The van der Waals surface area contributed by atoms with Gasteiger partial charge in [0.2, 0.25) is 5.95 Å². The van der Waals surface area contributed by atoms with Crippen LogP contribution in [0, 0.1) is 0 Å². The number of hydrogen-bond acceptors (Lipinski definition) is 6. The van der Waals surface area contributed by atoms with Crippen molar-refractivity contribution in [3.63, 3.8) is 0 Å². The molecule has 1 saturated heterocycles. The minimum atomic E-state index is -0.381. The predicted octanol–water partition coefficient (Wildman–Crippen LogP) is 4.53. The van der Waals surface area contributed by atoms with Crippen molar-refractivity contribution in [1.82, 2.24) is 9.97 Å². The van der Waals surface area contributed by atoms with Gasteiger partial charge < -0.3 is 14.8 Å². The van der Waals surface area contributed by atoms with E-state index in [0.717, 1.165) is 26.6 Å². The lowest BCUT2D eigenvalue weighted by atomic mass is 10.0. The van der Waals surface area contributed by atoms with Crippen LogP contribution < -0.4 is 15.0 Å². The molecule has 1 N–H and O–H groups in total. The number of nitrogens with zero attached hydrogens (tertiary/aromatic N) is 3. The first-order valence-electron chi connectivity index (χ1n) is 8.87. The van der Waals surface area contributed by atoms with Gasteiger partial charge in [0, 0.05) is 6.20 Å². The Hall–Kier alpha value is -2.87. The Balaban J connectivity index is 1.57. The lowest BCUT2D eigenvalue weighted by Gasteiger charge is -2.17. The molecule has 0 bridgehead atoms. The molecule has 0 aliphatic carbocycles. The molecule has 1 amide bonds. The summed E-state index contributed by atoms with van der Waals surface area (Å²) in [6.45, 7) is 2.91. The number of methoxy groups -OCH3 is 1. The third kappa shape index (κ3) is 3.47. The van der Waals surface area contributed by atoms with Gasteiger partial charge in [0.25, 0.3) is 0 Å². The van der Waals surface area contributed by atoms with Crippen LogP contribution in [0.1, 0.15) is 18.5 Å². The second kappa shape index (κ2) is 7.63. The van der Waals surface area contributed by atoms with Crippen LogP contribution >= 0.6 is 15.9 Å². The first-order chi connectivity index (χ1) is 13.6. The molecule has 1 aliphatic heterocycles. The molecule has 7 nitrogen and oxygen atoms in total. The standard InChI is InChI=1S/C20H19BrN4O3/c1-12(13-3-5-15-14(11-13)4-6-16(27-2)18(15)21)23-19-22-8-7-17(24-19)25-9-10-28-20(25)26/h3-8,11-12H,9-10H2,1-2H3,(H,22,23,24). The summed E-state index contributed by atoms with van der Waals surface area (Å²) in [5, 5.41) is 5.49. The molecular formula is C20H19BrN4O3. The average Bonchev–Trinajstić information content (AvgIpc) is 3.14. The molecule has 3 aromatic rings. The Morgan fingerprint density at radius 3 is 2.89 bits per heavy atom. The van der Waals surface area contributed by atoms with Crippen LogP contribution in [0.4, 0.5) is 16.6 Å². The SMILES string of the molecule is COc1ccc2cc(C(C)Nc3nccc(N4CCOC4=O)n3)ccc2c1Br. The molecule has 144 valence electrons. The number of hydrogen-bond donors (Lipinski definition) is 1. The van der Waals surface area contributed by atoms with E-state index in [1.165, 1.54) is 4.90 Å². The lowest BCUT2D eigenvalue weighted by Crippen LogP contribution is -2.25.